The van der Waals surface area contributed by atoms with Crippen molar-refractivity contribution >= 4 is 0 Å². The fourth-order valence-corrected chi connectivity index (χ4v) is 1.63. The third-order valence-electron chi connectivity index (χ3n) is 2.16. The highest BCUT2D eigenvalue weighted by Gasteiger charge is 2.43. The molecular weight excluding hydrogens is 146 g/mol. The number of piperidine rings is 1. The van der Waals surface area contributed by atoms with Crippen LogP contribution in [0.3, 0.4) is 0 Å². The van der Waals surface area contributed by atoms with Gasteiger partial charge in [0.2, 0.25) is 0 Å². The van der Waals surface area contributed by atoms with Gasteiger partial charge in [-0.25, -0.2) is 0 Å². The van der Waals surface area contributed by atoms with Crippen LogP contribution in [0.4, 0.5) is 0 Å². The number of likely N-dealkylation sites (tertiary alicyclic amines) is 1. The van der Waals surface area contributed by atoms with Gasteiger partial charge in [0.25, 0.3) is 0 Å². The van der Waals surface area contributed by atoms with Crippen molar-refractivity contribution in [3.63, 3.8) is 0 Å². The molecule has 74 valence electrons. The van der Waals surface area contributed by atoms with Crippen molar-refractivity contribution in [3.05, 3.63) is 0 Å². The second kappa shape index (κ2) is 6.47. The molecule has 1 heterocycles. The molecule has 0 spiro atoms. The van der Waals surface area contributed by atoms with Gasteiger partial charge in [-0.15, -0.1) is 0 Å². The van der Waals surface area contributed by atoms with Crippen molar-refractivity contribution in [1.29, 1.82) is 0 Å². The SMILES string of the molecule is CC.CCC.CN1CC2CC2C1. The molecule has 0 aromatic heterocycles. The molecule has 1 saturated heterocycles. The van der Waals surface area contributed by atoms with Crippen LogP contribution in [-0.2, 0) is 0 Å². The number of hydrogen-bond donors (Lipinski definition) is 0. The van der Waals surface area contributed by atoms with Crippen LogP contribution < -0.4 is 0 Å². The van der Waals surface area contributed by atoms with Crippen LogP contribution in [0.1, 0.15) is 40.5 Å². The molecule has 0 bridgehead atoms. The summed E-state index contributed by atoms with van der Waals surface area (Å²) in [5.41, 5.74) is 0. The van der Waals surface area contributed by atoms with E-state index in [1.807, 2.05) is 13.8 Å². The van der Waals surface area contributed by atoms with Gasteiger partial charge in [-0.1, -0.05) is 34.1 Å². The van der Waals surface area contributed by atoms with E-state index in [-0.39, 0.29) is 0 Å². The molecule has 12 heavy (non-hydrogen) atoms. The smallest absolute Gasteiger partial charge is 0.000997 e. The molecule has 2 fully saturated rings. The van der Waals surface area contributed by atoms with Crippen molar-refractivity contribution in [3.8, 4) is 0 Å². The predicted octanol–water partition coefficient (Wildman–Crippen LogP) is 3.01. The van der Waals surface area contributed by atoms with Crippen LogP contribution in [0.5, 0.6) is 0 Å². The van der Waals surface area contributed by atoms with E-state index in [1.165, 1.54) is 25.9 Å². The van der Waals surface area contributed by atoms with Gasteiger partial charge in [-0.05, 0) is 25.3 Å². The van der Waals surface area contributed by atoms with E-state index in [2.05, 4.69) is 25.8 Å². The first kappa shape index (κ1) is 12.0. The Hall–Kier alpha value is -0.0400. The first-order valence-electron chi connectivity index (χ1n) is 5.46. The third-order valence-corrected chi connectivity index (χ3v) is 2.16. The summed E-state index contributed by atoms with van der Waals surface area (Å²) in [6.07, 6.45) is 2.78. The summed E-state index contributed by atoms with van der Waals surface area (Å²) in [5.74, 6) is 2.23. The van der Waals surface area contributed by atoms with Crippen LogP contribution in [0.25, 0.3) is 0 Å². The maximum Gasteiger partial charge on any atom is 0.000997 e. The third kappa shape index (κ3) is 4.10. The molecule has 0 N–H and O–H groups in total. The Bertz CT molecular complexity index is 91.2. The number of rotatable bonds is 0. The van der Waals surface area contributed by atoms with E-state index < -0.39 is 0 Å². The summed E-state index contributed by atoms with van der Waals surface area (Å²) >= 11 is 0. The Balaban J connectivity index is 0.000000211. The Morgan fingerprint density at radius 3 is 1.58 bits per heavy atom. The highest BCUT2D eigenvalue weighted by molar-refractivity contribution is 4.95. The molecule has 1 aliphatic heterocycles. The summed E-state index contributed by atoms with van der Waals surface area (Å²) < 4.78 is 0. The minimum Gasteiger partial charge on any atom is -0.306 e. The number of fused-ring (bicyclic) bond motifs is 1. The van der Waals surface area contributed by atoms with Gasteiger partial charge in [0.1, 0.15) is 0 Å². The lowest BCUT2D eigenvalue weighted by Crippen LogP contribution is -2.15. The molecule has 2 rings (SSSR count). The maximum atomic E-state index is 2.43. The Morgan fingerprint density at radius 2 is 1.42 bits per heavy atom. The van der Waals surface area contributed by atoms with Gasteiger partial charge in [0, 0.05) is 13.1 Å². The largest absolute Gasteiger partial charge is 0.306 e. The van der Waals surface area contributed by atoms with Crippen LogP contribution in [0, 0.1) is 11.8 Å². The van der Waals surface area contributed by atoms with Crippen molar-refractivity contribution in [2.45, 2.75) is 40.5 Å². The van der Waals surface area contributed by atoms with E-state index in [4.69, 9.17) is 0 Å². The van der Waals surface area contributed by atoms with E-state index in [0.29, 0.717) is 0 Å². The van der Waals surface area contributed by atoms with Gasteiger partial charge in [-0.3, -0.25) is 0 Å². The van der Waals surface area contributed by atoms with Crippen molar-refractivity contribution in [2.75, 3.05) is 20.1 Å². The zero-order chi connectivity index (χ0) is 9.56. The van der Waals surface area contributed by atoms with Crippen molar-refractivity contribution in [2.24, 2.45) is 11.8 Å². The Labute approximate surface area is 78.1 Å². The van der Waals surface area contributed by atoms with E-state index in [9.17, 15) is 0 Å². The van der Waals surface area contributed by atoms with Gasteiger partial charge < -0.3 is 4.90 Å². The Kier molecular flexibility index (Phi) is 6.45. The predicted molar refractivity (Wildman–Crippen MR) is 56.4 cm³/mol. The molecular formula is C11H25N. The standard InChI is InChI=1S/C6H11N.C3H8.C2H6/c1-7-3-5-2-6(5)4-7;1-3-2;1-2/h5-6H,2-4H2,1H3;3H2,1-2H3;1-2H3. The van der Waals surface area contributed by atoms with E-state index in [1.54, 1.807) is 0 Å². The monoisotopic (exact) mass is 171 g/mol. The lowest BCUT2D eigenvalue weighted by atomic mass is 10.4. The normalized spacial score (nSPS) is 30.8. The van der Waals surface area contributed by atoms with Gasteiger partial charge >= 0.3 is 0 Å². The van der Waals surface area contributed by atoms with Gasteiger partial charge in [0.15, 0.2) is 0 Å². The fraction of sp³-hybridized carbons (Fsp3) is 1.00. The van der Waals surface area contributed by atoms with Crippen molar-refractivity contribution < 1.29 is 0 Å². The number of hydrogen-bond acceptors (Lipinski definition) is 1. The quantitative estimate of drug-likeness (QED) is 0.541. The summed E-state index contributed by atoms with van der Waals surface area (Å²) in [4.78, 5) is 2.43. The molecule has 1 saturated carbocycles. The number of nitrogens with zero attached hydrogens (tertiary/aromatic N) is 1. The molecule has 1 aliphatic carbocycles. The molecule has 1 nitrogen and oxygen atoms in total. The second-order valence-corrected chi connectivity index (χ2v) is 3.68. The molecule has 0 aromatic carbocycles. The summed E-state index contributed by atoms with van der Waals surface area (Å²) in [7, 11) is 2.21. The van der Waals surface area contributed by atoms with Crippen LogP contribution in [0.2, 0.25) is 0 Å². The van der Waals surface area contributed by atoms with Crippen LogP contribution in [0.15, 0.2) is 0 Å². The lowest BCUT2D eigenvalue weighted by Gasteiger charge is -2.06. The van der Waals surface area contributed by atoms with Gasteiger partial charge in [0.05, 0.1) is 0 Å². The maximum absolute atomic E-state index is 2.43. The molecule has 2 aliphatic rings. The first-order chi connectivity index (χ1) is 5.77. The minimum absolute atomic E-state index is 1.12. The topological polar surface area (TPSA) is 3.24 Å². The molecule has 0 radical (unpaired) electrons. The van der Waals surface area contributed by atoms with Gasteiger partial charge in [-0.2, -0.15) is 0 Å². The molecule has 0 aromatic rings. The molecule has 1 heteroatoms. The highest BCUT2D eigenvalue weighted by Crippen LogP contribution is 2.43. The zero-order valence-corrected chi connectivity index (χ0v) is 9.43. The van der Waals surface area contributed by atoms with E-state index >= 15 is 0 Å². The average molecular weight is 171 g/mol. The van der Waals surface area contributed by atoms with E-state index in [0.717, 1.165) is 11.8 Å². The van der Waals surface area contributed by atoms with Crippen LogP contribution in [-0.4, -0.2) is 25.0 Å². The van der Waals surface area contributed by atoms with Crippen molar-refractivity contribution in [1.82, 2.24) is 4.90 Å². The minimum atomic E-state index is 1.12. The molecule has 0 amide bonds. The Morgan fingerprint density at radius 1 is 1.08 bits per heavy atom. The molecule has 2 unspecified atom stereocenters. The fourth-order valence-electron chi connectivity index (χ4n) is 1.63. The summed E-state index contributed by atoms with van der Waals surface area (Å²) in [5, 5.41) is 0. The second-order valence-electron chi connectivity index (χ2n) is 3.68. The lowest BCUT2D eigenvalue weighted by molar-refractivity contribution is 0.373. The zero-order valence-electron chi connectivity index (χ0n) is 9.43. The first-order valence-corrected chi connectivity index (χ1v) is 5.46. The summed E-state index contributed by atoms with van der Waals surface area (Å²) in [6.45, 7) is 11.0. The highest BCUT2D eigenvalue weighted by atomic mass is 15.1. The van der Waals surface area contributed by atoms with Crippen LogP contribution >= 0.6 is 0 Å². The average Bonchev–Trinajstić information content (AvgIpc) is 2.65. The summed E-state index contributed by atoms with van der Waals surface area (Å²) in [6, 6.07) is 0. The molecule has 2 atom stereocenters.